The molecule has 172 valence electrons. The fraction of sp³-hybridized carbons (Fsp3) is 0.368. The summed E-state index contributed by atoms with van der Waals surface area (Å²) >= 11 is 0. The number of ether oxygens (including phenoxy) is 1. The van der Waals surface area contributed by atoms with Gasteiger partial charge in [-0.3, -0.25) is 25.3 Å². The molecule has 1 saturated heterocycles. The molecule has 9 nitrogen and oxygen atoms in total. The van der Waals surface area contributed by atoms with Crippen LogP contribution >= 0.6 is 0 Å². The van der Waals surface area contributed by atoms with Crippen molar-refractivity contribution in [3.8, 4) is 11.4 Å². The molecule has 13 heteroatoms. The van der Waals surface area contributed by atoms with Gasteiger partial charge < -0.3 is 4.74 Å². The van der Waals surface area contributed by atoms with Crippen molar-refractivity contribution in [2.75, 3.05) is 32.8 Å². The number of morpholine rings is 1. The highest BCUT2D eigenvalue weighted by atomic mass is 19.4. The Balaban J connectivity index is 1.57. The topological polar surface area (TPSA) is 101 Å². The third kappa shape index (κ3) is 6.59. The third-order valence-electron chi connectivity index (χ3n) is 4.42. The fourth-order valence-corrected chi connectivity index (χ4v) is 2.86. The minimum absolute atomic E-state index is 0.0144. The van der Waals surface area contributed by atoms with E-state index in [4.69, 9.17) is 4.74 Å². The number of benzene rings is 1. The van der Waals surface area contributed by atoms with Crippen molar-refractivity contribution in [3.63, 3.8) is 0 Å². The first-order chi connectivity index (χ1) is 15.2. The number of carbonyl (C=O) groups excluding carboxylic acids is 2. The summed E-state index contributed by atoms with van der Waals surface area (Å²) in [7, 11) is 0. The number of hydrazine groups is 1. The van der Waals surface area contributed by atoms with Crippen LogP contribution in [0.5, 0.6) is 0 Å². The van der Waals surface area contributed by atoms with Gasteiger partial charge in [-0.2, -0.15) is 13.2 Å². The molecular formula is C19H20F4N6O3. The fourth-order valence-electron chi connectivity index (χ4n) is 2.86. The summed E-state index contributed by atoms with van der Waals surface area (Å²) in [6.07, 6.45) is -1.23. The predicted octanol–water partition coefficient (Wildman–Crippen LogP) is 1.38. The molecule has 1 aromatic carbocycles. The normalized spacial score (nSPS) is 15.1. The Hall–Kier alpha value is -3.32. The van der Waals surface area contributed by atoms with Gasteiger partial charge in [0.15, 0.2) is 5.82 Å². The molecule has 0 aliphatic carbocycles. The zero-order chi connectivity index (χ0) is 23.1. The summed E-state index contributed by atoms with van der Waals surface area (Å²) in [5, 5.41) is 3.97. The number of halogens is 4. The maximum atomic E-state index is 13.0. The van der Waals surface area contributed by atoms with E-state index in [0.717, 1.165) is 22.9 Å². The van der Waals surface area contributed by atoms with E-state index in [2.05, 4.69) is 20.9 Å². The summed E-state index contributed by atoms with van der Waals surface area (Å²) in [5.41, 5.74) is 3.29. The molecule has 0 spiro atoms. The largest absolute Gasteiger partial charge is 0.416 e. The van der Waals surface area contributed by atoms with Gasteiger partial charge in [-0.15, -0.1) is 5.10 Å². The number of amides is 2. The zero-order valence-corrected chi connectivity index (χ0v) is 16.7. The molecule has 1 aliphatic heterocycles. The van der Waals surface area contributed by atoms with E-state index in [1.165, 1.54) is 18.6 Å². The minimum Gasteiger partial charge on any atom is -0.379 e. The molecule has 0 saturated carbocycles. The number of nitrogens with one attached hydrogen (secondary N) is 2. The maximum Gasteiger partial charge on any atom is 0.416 e. The Morgan fingerprint density at radius 2 is 1.91 bits per heavy atom. The van der Waals surface area contributed by atoms with E-state index < -0.39 is 30.2 Å². The van der Waals surface area contributed by atoms with Crippen LogP contribution in [0.25, 0.3) is 17.6 Å². The van der Waals surface area contributed by atoms with Crippen LogP contribution in [0.4, 0.5) is 17.6 Å². The number of hydrogen-bond donors (Lipinski definition) is 2. The van der Waals surface area contributed by atoms with Gasteiger partial charge >= 0.3 is 6.18 Å². The molecule has 2 amide bonds. The molecule has 1 aromatic heterocycles. The molecule has 2 aromatic rings. The Morgan fingerprint density at radius 1 is 1.16 bits per heavy atom. The average Bonchev–Trinajstić information content (AvgIpc) is 3.25. The van der Waals surface area contributed by atoms with Crippen LogP contribution in [0.3, 0.4) is 0 Å². The SMILES string of the molecule is O=C(/C=C\n1cnc(-c2cc(CF)cc(C(F)(F)F)c2)n1)NNC(=O)CN1CCOCC1. The average molecular weight is 456 g/mol. The van der Waals surface area contributed by atoms with Crippen LogP contribution in [-0.2, 0) is 27.2 Å². The van der Waals surface area contributed by atoms with Crippen LogP contribution in [0.15, 0.2) is 30.6 Å². The Bertz CT molecular complexity index is 986. The number of hydrogen-bond acceptors (Lipinski definition) is 6. The summed E-state index contributed by atoms with van der Waals surface area (Å²) in [6.45, 7) is 1.35. The first-order valence-electron chi connectivity index (χ1n) is 9.50. The summed E-state index contributed by atoms with van der Waals surface area (Å²) in [6, 6.07) is 2.76. The highest BCUT2D eigenvalue weighted by Crippen LogP contribution is 2.32. The molecule has 0 bridgehead atoms. The maximum absolute atomic E-state index is 13.0. The number of carbonyl (C=O) groups is 2. The van der Waals surface area contributed by atoms with Crippen LogP contribution < -0.4 is 10.9 Å². The molecule has 2 heterocycles. The molecule has 2 N–H and O–H groups in total. The molecule has 3 rings (SSSR count). The molecule has 1 fully saturated rings. The monoisotopic (exact) mass is 456 g/mol. The minimum atomic E-state index is -4.65. The van der Waals surface area contributed by atoms with Gasteiger partial charge in [-0.05, 0) is 23.8 Å². The molecule has 0 radical (unpaired) electrons. The van der Waals surface area contributed by atoms with Crippen LogP contribution in [0.1, 0.15) is 11.1 Å². The lowest BCUT2D eigenvalue weighted by molar-refractivity contribution is -0.137. The lowest BCUT2D eigenvalue weighted by Gasteiger charge is -2.25. The zero-order valence-electron chi connectivity index (χ0n) is 16.7. The van der Waals surface area contributed by atoms with Crippen molar-refractivity contribution < 1.29 is 31.9 Å². The molecule has 0 unspecified atom stereocenters. The Morgan fingerprint density at radius 3 is 2.59 bits per heavy atom. The van der Waals surface area contributed by atoms with Gasteiger partial charge in [0, 0.05) is 30.9 Å². The predicted molar refractivity (Wildman–Crippen MR) is 104 cm³/mol. The van der Waals surface area contributed by atoms with Crippen molar-refractivity contribution in [3.05, 3.63) is 41.7 Å². The van der Waals surface area contributed by atoms with Gasteiger partial charge in [0.2, 0.25) is 0 Å². The molecule has 1 aliphatic rings. The smallest absolute Gasteiger partial charge is 0.379 e. The van der Waals surface area contributed by atoms with E-state index in [9.17, 15) is 27.2 Å². The summed E-state index contributed by atoms with van der Waals surface area (Å²) < 4.78 is 58.3. The van der Waals surface area contributed by atoms with Gasteiger partial charge in [0.25, 0.3) is 11.8 Å². The summed E-state index contributed by atoms with van der Waals surface area (Å²) in [4.78, 5) is 29.5. The van der Waals surface area contributed by atoms with E-state index in [-0.39, 0.29) is 23.5 Å². The van der Waals surface area contributed by atoms with Crippen molar-refractivity contribution in [1.29, 1.82) is 0 Å². The molecule has 0 atom stereocenters. The van der Waals surface area contributed by atoms with Gasteiger partial charge in [0.05, 0.1) is 25.3 Å². The third-order valence-corrected chi connectivity index (χ3v) is 4.42. The quantitative estimate of drug-likeness (QED) is 0.387. The van der Waals surface area contributed by atoms with Gasteiger partial charge in [0.1, 0.15) is 13.0 Å². The van der Waals surface area contributed by atoms with Crippen LogP contribution in [-0.4, -0.2) is 64.3 Å². The van der Waals surface area contributed by atoms with Crippen molar-refractivity contribution in [2.24, 2.45) is 0 Å². The lowest BCUT2D eigenvalue weighted by Crippen LogP contribution is -2.48. The number of aromatic nitrogens is 3. The van der Waals surface area contributed by atoms with Crippen LogP contribution in [0, 0.1) is 0 Å². The first kappa shape index (κ1) is 23.3. The van der Waals surface area contributed by atoms with E-state index in [1.807, 2.05) is 4.90 Å². The number of rotatable bonds is 6. The second-order valence-corrected chi connectivity index (χ2v) is 6.84. The number of alkyl halides is 4. The highest BCUT2D eigenvalue weighted by Gasteiger charge is 2.31. The number of nitrogens with zero attached hydrogens (tertiary/aromatic N) is 4. The van der Waals surface area contributed by atoms with E-state index in [0.29, 0.717) is 26.3 Å². The van der Waals surface area contributed by atoms with Crippen molar-refractivity contribution >= 4 is 18.0 Å². The van der Waals surface area contributed by atoms with E-state index >= 15 is 0 Å². The lowest BCUT2D eigenvalue weighted by atomic mass is 10.1. The first-order valence-corrected chi connectivity index (χ1v) is 9.50. The van der Waals surface area contributed by atoms with Gasteiger partial charge in [-0.1, -0.05) is 0 Å². The molecular weight excluding hydrogens is 436 g/mol. The Labute approximate surface area is 180 Å². The second kappa shape index (κ2) is 10.3. The Kier molecular flexibility index (Phi) is 7.53. The second-order valence-electron chi connectivity index (χ2n) is 6.84. The molecule has 32 heavy (non-hydrogen) atoms. The van der Waals surface area contributed by atoms with Crippen molar-refractivity contribution in [2.45, 2.75) is 12.9 Å². The van der Waals surface area contributed by atoms with Crippen molar-refractivity contribution in [1.82, 2.24) is 30.5 Å². The van der Waals surface area contributed by atoms with Gasteiger partial charge in [-0.25, -0.2) is 14.1 Å². The summed E-state index contributed by atoms with van der Waals surface area (Å²) in [5.74, 6) is -1.13. The standard InChI is InChI=1S/C19H20F4N6O3/c20-10-13-7-14(9-15(8-13)19(21,22)23)18-24-12-29(27-18)2-1-16(30)25-26-17(31)11-28-3-5-32-6-4-28/h1-2,7-9,12H,3-6,10-11H2,(H,25,30)(H,26,31)/b2-1-. The van der Waals surface area contributed by atoms with E-state index in [1.54, 1.807) is 0 Å². The highest BCUT2D eigenvalue weighted by molar-refractivity contribution is 5.91. The van der Waals surface area contributed by atoms with Crippen LogP contribution in [0.2, 0.25) is 0 Å².